The largest absolute Gasteiger partial charge is 0.431 e. The van der Waals surface area contributed by atoms with Crippen LogP contribution in [-0.2, 0) is 5.60 Å². The number of nitrogens with zero attached hydrogens (tertiary/aromatic N) is 1. The van der Waals surface area contributed by atoms with Gasteiger partial charge in [-0.1, -0.05) is 42.1 Å². The molecule has 12 heteroatoms. The van der Waals surface area contributed by atoms with Gasteiger partial charge in [-0.05, 0) is 29.3 Å². The predicted molar refractivity (Wildman–Crippen MR) is 110 cm³/mol. The molecule has 2 aromatic heterocycles. The maximum Gasteiger partial charge on any atom is 0.431 e. The number of hydrogen-bond acceptors (Lipinski definition) is 6. The quantitative estimate of drug-likeness (QED) is 0.259. The molecule has 0 amide bonds. The van der Waals surface area contributed by atoms with Crippen LogP contribution in [-0.4, -0.2) is 22.4 Å². The van der Waals surface area contributed by atoms with E-state index in [9.17, 15) is 36.2 Å². The summed E-state index contributed by atoms with van der Waals surface area (Å²) in [5, 5.41) is 10.1. The molecule has 0 unspecified atom stereocenters. The number of fused-ring (bicyclic) bond motifs is 1. The highest BCUT2D eigenvalue weighted by Crippen LogP contribution is 2.52. The fraction of sp³-hybridized carbons (Fsp3) is 0.143. The highest BCUT2D eigenvalue weighted by molar-refractivity contribution is 8.01. The number of thiazole rings is 1. The van der Waals surface area contributed by atoms with E-state index in [0.29, 0.717) is 22.0 Å². The van der Waals surface area contributed by atoms with Crippen LogP contribution in [0.2, 0.25) is 0 Å². The Morgan fingerprint density at radius 3 is 2.24 bits per heavy atom. The lowest BCUT2D eigenvalue weighted by molar-refractivity contribution is -0.375. The van der Waals surface area contributed by atoms with Crippen LogP contribution in [0.1, 0.15) is 4.88 Å². The molecule has 4 rings (SSSR count). The third kappa shape index (κ3) is 4.25. The molecule has 0 bridgehead atoms. The summed E-state index contributed by atoms with van der Waals surface area (Å²) in [6.45, 7) is 0. The molecule has 0 fully saturated rings. The molecule has 4 aromatic rings. The van der Waals surface area contributed by atoms with Gasteiger partial charge in [0.15, 0.2) is 4.34 Å². The highest BCUT2D eigenvalue weighted by atomic mass is 32.2. The van der Waals surface area contributed by atoms with Gasteiger partial charge in [0.1, 0.15) is 5.58 Å². The Morgan fingerprint density at radius 2 is 1.61 bits per heavy atom. The standard InChI is InChI=1S/C21H11F6NO3S2/c22-20(23,24)19(30,21(25,26)27)16-10-28-18(33-16)32-12-6-7-13-14(11-4-2-1-3-5-11)9-17(29)31-15(13)8-12/h1-10,30H. The fourth-order valence-electron chi connectivity index (χ4n) is 3.08. The van der Waals surface area contributed by atoms with Crippen LogP contribution in [0.5, 0.6) is 0 Å². The lowest BCUT2D eigenvalue weighted by Gasteiger charge is -2.30. The average Bonchev–Trinajstić information content (AvgIpc) is 3.20. The number of halogens is 6. The van der Waals surface area contributed by atoms with Gasteiger partial charge in [0, 0.05) is 22.5 Å². The molecule has 0 aliphatic carbocycles. The second-order valence-electron chi connectivity index (χ2n) is 6.80. The second kappa shape index (κ2) is 8.19. The molecule has 1 N–H and O–H groups in total. The van der Waals surface area contributed by atoms with Gasteiger partial charge >= 0.3 is 18.0 Å². The summed E-state index contributed by atoms with van der Waals surface area (Å²) in [6, 6.07) is 15.0. The summed E-state index contributed by atoms with van der Waals surface area (Å²) in [5.74, 6) is 0. The Balaban J connectivity index is 1.70. The topological polar surface area (TPSA) is 63.3 Å². The van der Waals surface area contributed by atoms with Crippen molar-refractivity contribution in [2.75, 3.05) is 0 Å². The van der Waals surface area contributed by atoms with E-state index < -0.39 is 28.5 Å². The first-order valence-corrected chi connectivity index (χ1v) is 10.7. The number of benzene rings is 2. The molecule has 0 atom stereocenters. The lowest BCUT2D eigenvalue weighted by atomic mass is 10.0. The molecule has 2 heterocycles. The van der Waals surface area contributed by atoms with Crippen molar-refractivity contribution < 1.29 is 35.9 Å². The summed E-state index contributed by atoms with van der Waals surface area (Å²) in [6.07, 6.45) is -11.6. The highest BCUT2D eigenvalue weighted by Gasteiger charge is 2.72. The summed E-state index contributed by atoms with van der Waals surface area (Å²) in [7, 11) is 0. The molecule has 172 valence electrons. The summed E-state index contributed by atoms with van der Waals surface area (Å²) < 4.78 is 83.5. The molecule has 0 saturated heterocycles. The third-order valence-electron chi connectivity index (χ3n) is 4.67. The van der Waals surface area contributed by atoms with E-state index in [0.717, 1.165) is 17.3 Å². The summed E-state index contributed by atoms with van der Waals surface area (Å²) in [5.41, 5.74) is -4.10. The molecule has 4 nitrogen and oxygen atoms in total. The minimum absolute atomic E-state index is 0.0665. The van der Waals surface area contributed by atoms with Crippen molar-refractivity contribution in [3.05, 3.63) is 76.1 Å². The van der Waals surface area contributed by atoms with E-state index in [2.05, 4.69) is 4.98 Å². The van der Waals surface area contributed by atoms with Crippen molar-refractivity contribution in [3.8, 4) is 11.1 Å². The third-order valence-corrected chi connectivity index (χ3v) is 6.84. The van der Waals surface area contributed by atoms with E-state index in [1.165, 1.54) is 12.1 Å². The Bertz CT molecular complexity index is 1350. The van der Waals surface area contributed by atoms with E-state index in [-0.39, 0.29) is 21.3 Å². The van der Waals surface area contributed by atoms with Crippen molar-refractivity contribution in [3.63, 3.8) is 0 Å². The van der Waals surface area contributed by atoms with Crippen LogP contribution in [0.25, 0.3) is 22.1 Å². The molecule has 0 spiro atoms. The number of alkyl halides is 6. The minimum atomic E-state index is -5.99. The lowest BCUT2D eigenvalue weighted by Crippen LogP contribution is -2.53. The van der Waals surface area contributed by atoms with Gasteiger partial charge in [-0.15, -0.1) is 11.3 Å². The van der Waals surface area contributed by atoms with Crippen LogP contribution in [0, 0.1) is 0 Å². The summed E-state index contributed by atoms with van der Waals surface area (Å²) in [4.78, 5) is 14.6. The Morgan fingerprint density at radius 1 is 0.939 bits per heavy atom. The van der Waals surface area contributed by atoms with Crippen LogP contribution < -0.4 is 5.63 Å². The Hall–Kier alpha value is -2.83. The van der Waals surface area contributed by atoms with Gasteiger partial charge in [0.2, 0.25) is 0 Å². The maximum atomic E-state index is 13.1. The van der Waals surface area contributed by atoms with E-state index in [1.807, 2.05) is 6.07 Å². The second-order valence-corrected chi connectivity index (χ2v) is 9.15. The van der Waals surface area contributed by atoms with Crippen molar-refractivity contribution >= 4 is 34.1 Å². The van der Waals surface area contributed by atoms with Gasteiger partial charge in [0.05, 0.1) is 4.88 Å². The monoisotopic (exact) mass is 503 g/mol. The molecular weight excluding hydrogens is 492 g/mol. The normalized spacial score (nSPS) is 12.9. The summed E-state index contributed by atoms with van der Waals surface area (Å²) >= 11 is 0.834. The SMILES string of the molecule is O=c1cc(-c2ccccc2)c2ccc(Sc3ncc(C(O)(C(F)(F)F)C(F)(F)F)s3)cc2o1. The first-order valence-electron chi connectivity index (χ1n) is 9.03. The zero-order valence-corrected chi connectivity index (χ0v) is 17.7. The molecular formula is C21H11F6NO3S2. The van der Waals surface area contributed by atoms with Crippen molar-refractivity contribution in [2.45, 2.75) is 27.2 Å². The van der Waals surface area contributed by atoms with Crippen molar-refractivity contribution in [1.82, 2.24) is 4.98 Å². The van der Waals surface area contributed by atoms with E-state index in [4.69, 9.17) is 4.42 Å². The maximum absolute atomic E-state index is 13.1. The van der Waals surface area contributed by atoms with Gasteiger partial charge in [-0.3, -0.25) is 0 Å². The van der Waals surface area contributed by atoms with Crippen molar-refractivity contribution in [1.29, 1.82) is 0 Å². The van der Waals surface area contributed by atoms with Gasteiger partial charge in [-0.25, -0.2) is 9.78 Å². The molecule has 0 aliphatic rings. The Kier molecular flexibility index (Phi) is 5.79. The minimum Gasteiger partial charge on any atom is -0.423 e. The van der Waals surface area contributed by atoms with Crippen LogP contribution in [0.4, 0.5) is 26.3 Å². The molecule has 0 aliphatic heterocycles. The molecule has 0 saturated carbocycles. The fourth-order valence-corrected chi connectivity index (χ4v) is 5.19. The molecule has 33 heavy (non-hydrogen) atoms. The molecule has 2 aromatic carbocycles. The van der Waals surface area contributed by atoms with Gasteiger partial charge < -0.3 is 9.52 Å². The number of hydrogen-bond donors (Lipinski definition) is 1. The van der Waals surface area contributed by atoms with Crippen LogP contribution in [0.15, 0.2) is 79.2 Å². The number of aliphatic hydroxyl groups is 1. The number of rotatable bonds is 4. The zero-order chi connectivity index (χ0) is 24.0. The first kappa shape index (κ1) is 23.3. The van der Waals surface area contributed by atoms with E-state index >= 15 is 0 Å². The predicted octanol–water partition coefficient (Wildman–Crippen LogP) is 6.38. The van der Waals surface area contributed by atoms with Gasteiger partial charge in [-0.2, -0.15) is 26.3 Å². The smallest absolute Gasteiger partial charge is 0.423 e. The Labute approximate surface area is 189 Å². The first-order chi connectivity index (χ1) is 15.4. The van der Waals surface area contributed by atoms with Crippen molar-refractivity contribution in [2.24, 2.45) is 0 Å². The zero-order valence-electron chi connectivity index (χ0n) is 16.1. The van der Waals surface area contributed by atoms with Crippen LogP contribution in [0.3, 0.4) is 0 Å². The number of aromatic nitrogens is 1. The van der Waals surface area contributed by atoms with E-state index in [1.54, 1.807) is 36.4 Å². The van der Waals surface area contributed by atoms with Gasteiger partial charge in [0.25, 0.3) is 5.60 Å². The van der Waals surface area contributed by atoms with Crippen LogP contribution >= 0.6 is 23.1 Å². The average molecular weight is 503 g/mol. The molecule has 0 radical (unpaired) electrons.